The van der Waals surface area contributed by atoms with Gasteiger partial charge in [0.25, 0.3) is 0 Å². The van der Waals surface area contributed by atoms with Crippen LogP contribution < -0.4 is 10.1 Å². The maximum atomic E-state index is 6.00. The molecule has 1 heterocycles. The zero-order valence-electron chi connectivity index (χ0n) is 15.9. The first-order valence-electron chi connectivity index (χ1n) is 8.76. The Kier molecular flexibility index (Phi) is 8.07. The zero-order chi connectivity index (χ0) is 19.8. The molecule has 1 N–H and O–H groups in total. The number of halogens is 2. The molecule has 0 fully saturated rings. The van der Waals surface area contributed by atoms with Gasteiger partial charge in [0, 0.05) is 17.4 Å². The van der Waals surface area contributed by atoms with Gasteiger partial charge in [-0.2, -0.15) is 4.98 Å². The van der Waals surface area contributed by atoms with Crippen LogP contribution in [0.1, 0.15) is 30.5 Å². The molecule has 2 aromatic carbocycles. The van der Waals surface area contributed by atoms with Gasteiger partial charge in [-0.25, -0.2) is 4.98 Å². The number of rotatable bonds is 5. The molecule has 3 aromatic rings. The molecule has 0 spiro atoms. The van der Waals surface area contributed by atoms with Gasteiger partial charge in [-0.3, -0.25) is 0 Å². The van der Waals surface area contributed by atoms with E-state index < -0.39 is 0 Å². The molecular formula is C21H23BrClN3O. The molecule has 0 unspecified atom stereocenters. The van der Waals surface area contributed by atoms with Crippen LogP contribution in [0.15, 0.2) is 53.1 Å². The summed E-state index contributed by atoms with van der Waals surface area (Å²) in [5.74, 6) is 1.44. The Hall–Kier alpha value is -2.11. The van der Waals surface area contributed by atoms with Gasteiger partial charge in [-0.15, -0.1) is 0 Å². The monoisotopic (exact) mass is 447 g/mol. The van der Waals surface area contributed by atoms with Crippen LogP contribution in [0.5, 0.6) is 5.75 Å². The van der Waals surface area contributed by atoms with Gasteiger partial charge in [0.05, 0.1) is 4.47 Å². The fourth-order valence-electron chi connectivity index (χ4n) is 2.46. The number of nitrogens with one attached hydrogen (secondary N) is 1. The average Bonchev–Trinajstić information content (AvgIpc) is 2.69. The van der Waals surface area contributed by atoms with E-state index in [0.29, 0.717) is 12.4 Å². The highest BCUT2D eigenvalue weighted by molar-refractivity contribution is 9.10. The third-order valence-electron chi connectivity index (χ3n) is 3.82. The Bertz CT molecular complexity index is 888. The lowest BCUT2D eigenvalue weighted by Gasteiger charge is -2.17. The van der Waals surface area contributed by atoms with Crippen LogP contribution >= 0.6 is 27.5 Å². The quantitative estimate of drug-likeness (QED) is 0.433. The van der Waals surface area contributed by atoms with Crippen LogP contribution in [0.3, 0.4) is 0 Å². The highest BCUT2D eigenvalue weighted by Gasteiger charge is 2.12. The smallest absolute Gasteiger partial charge is 0.224 e. The lowest BCUT2D eigenvalue weighted by Crippen LogP contribution is -2.03. The van der Waals surface area contributed by atoms with E-state index in [0.717, 1.165) is 32.6 Å². The predicted molar refractivity (Wildman–Crippen MR) is 116 cm³/mol. The lowest BCUT2D eigenvalue weighted by atomic mass is 10.1. The Morgan fingerprint density at radius 3 is 2.48 bits per heavy atom. The molecule has 1 aromatic heterocycles. The summed E-state index contributed by atoms with van der Waals surface area (Å²) >= 11 is 9.34. The molecule has 0 radical (unpaired) electrons. The molecule has 0 aliphatic heterocycles. The standard InChI is InChI=1S/C19H17BrClN3O.C2H6/c1-12-8-9-16(25-11-14-6-4-3-5-7-14)13(2)17(12)23-18-15(20)10-22-19(21)24-18;1-2/h3-10H,11H2,1-2H3,(H,22,23,24);1-2H3. The van der Waals surface area contributed by atoms with Gasteiger partial charge < -0.3 is 10.1 Å². The highest BCUT2D eigenvalue weighted by atomic mass is 79.9. The molecule has 0 bridgehead atoms. The van der Waals surface area contributed by atoms with Crippen LogP contribution in [0, 0.1) is 13.8 Å². The van der Waals surface area contributed by atoms with Crippen molar-refractivity contribution in [2.45, 2.75) is 34.3 Å². The highest BCUT2D eigenvalue weighted by Crippen LogP contribution is 2.33. The minimum Gasteiger partial charge on any atom is -0.489 e. The molecule has 142 valence electrons. The SMILES string of the molecule is CC.Cc1ccc(OCc2ccccc2)c(C)c1Nc1nc(Cl)ncc1Br. The molecular weight excluding hydrogens is 426 g/mol. The summed E-state index contributed by atoms with van der Waals surface area (Å²) in [6, 6.07) is 14.1. The van der Waals surface area contributed by atoms with Gasteiger partial charge in [0.2, 0.25) is 5.28 Å². The predicted octanol–water partition coefficient (Wildman–Crippen LogP) is 6.86. The summed E-state index contributed by atoms with van der Waals surface area (Å²) in [7, 11) is 0. The van der Waals surface area contributed by atoms with Crippen LogP contribution in [0.2, 0.25) is 5.28 Å². The van der Waals surface area contributed by atoms with E-state index in [1.54, 1.807) is 6.20 Å². The summed E-state index contributed by atoms with van der Waals surface area (Å²) in [5.41, 5.74) is 4.17. The molecule has 0 amide bonds. The minimum absolute atomic E-state index is 0.192. The van der Waals surface area contributed by atoms with Crippen molar-refractivity contribution in [3.05, 3.63) is 75.1 Å². The Morgan fingerprint density at radius 1 is 1.07 bits per heavy atom. The number of anilines is 2. The summed E-state index contributed by atoms with van der Waals surface area (Å²) in [6.07, 6.45) is 1.62. The zero-order valence-corrected chi connectivity index (χ0v) is 18.2. The Balaban J connectivity index is 0.00000126. The number of ether oxygens (including phenoxy) is 1. The number of aryl methyl sites for hydroxylation is 1. The minimum atomic E-state index is 0.192. The van der Waals surface area contributed by atoms with Crippen molar-refractivity contribution in [1.29, 1.82) is 0 Å². The number of hydrogen-bond acceptors (Lipinski definition) is 4. The van der Waals surface area contributed by atoms with E-state index in [-0.39, 0.29) is 5.28 Å². The van der Waals surface area contributed by atoms with Gasteiger partial charge in [0.15, 0.2) is 0 Å². The first-order valence-corrected chi connectivity index (χ1v) is 9.93. The van der Waals surface area contributed by atoms with E-state index in [2.05, 4.69) is 31.2 Å². The molecule has 3 rings (SSSR count). The second-order valence-corrected chi connectivity index (χ2v) is 6.81. The maximum Gasteiger partial charge on any atom is 0.224 e. The molecule has 0 aliphatic rings. The van der Waals surface area contributed by atoms with Gasteiger partial charge >= 0.3 is 0 Å². The summed E-state index contributed by atoms with van der Waals surface area (Å²) < 4.78 is 6.74. The van der Waals surface area contributed by atoms with Crippen molar-refractivity contribution in [1.82, 2.24) is 9.97 Å². The van der Waals surface area contributed by atoms with E-state index >= 15 is 0 Å². The number of nitrogens with zero attached hydrogens (tertiary/aromatic N) is 2. The second kappa shape index (κ2) is 10.3. The molecule has 0 aliphatic carbocycles. The van der Waals surface area contributed by atoms with Gasteiger partial charge in [-0.05, 0) is 58.6 Å². The fraction of sp³-hybridized carbons (Fsp3) is 0.238. The summed E-state index contributed by atoms with van der Waals surface area (Å²) in [6.45, 7) is 8.58. The van der Waals surface area contributed by atoms with Crippen molar-refractivity contribution in [3.63, 3.8) is 0 Å². The van der Waals surface area contributed by atoms with E-state index in [4.69, 9.17) is 16.3 Å². The molecule has 6 heteroatoms. The number of hydrogen-bond donors (Lipinski definition) is 1. The molecule has 0 saturated heterocycles. The molecule has 27 heavy (non-hydrogen) atoms. The first kappa shape index (κ1) is 21.2. The van der Waals surface area contributed by atoms with Crippen molar-refractivity contribution < 1.29 is 4.74 Å². The molecule has 0 atom stereocenters. The van der Waals surface area contributed by atoms with Crippen molar-refractivity contribution in [2.75, 3.05) is 5.32 Å². The van der Waals surface area contributed by atoms with Crippen molar-refractivity contribution >= 4 is 39.0 Å². The average molecular weight is 449 g/mol. The Labute approximate surface area is 174 Å². The Morgan fingerprint density at radius 2 is 1.78 bits per heavy atom. The molecule has 0 saturated carbocycles. The second-order valence-electron chi connectivity index (χ2n) is 5.62. The topological polar surface area (TPSA) is 47.0 Å². The maximum absolute atomic E-state index is 6.00. The van der Waals surface area contributed by atoms with Gasteiger partial charge in [0.1, 0.15) is 18.2 Å². The lowest BCUT2D eigenvalue weighted by molar-refractivity contribution is 0.304. The third kappa shape index (κ3) is 5.68. The number of benzene rings is 2. The third-order valence-corrected chi connectivity index (χ3v) is 4.58. The van der Waals surface area contributed by atoms with Gasteiger partial charge in [-0.1, -0.05) is 50.2 Å². The summed E-state index contributed by atoms with van der Waals surface area (Å²) in [4.78, 5) is 8.18. The van der Waals surface area contributed by atoms with Crippen molar-refractivity contribution in [3.8, 4) is 5.75 Å². The van der Waals surface area contributed by atoms with E-state index in [9.17, 15) is 0 Å². The van der Waals surface area contributed by atoms with E-state index in [1.807, 2.05) is 70.2 Å². The van der Waals surface area contributed by atoms with Crippen molar-refractivity contribution in [2.24, 2.45) is 0 Å². The number of aromatic nitrogens is 2. The van der Waals surface area contributed by atoms with Crippen LogP contribution in [0.4, 0.5) is 11.5 Å². The van der Waals surface area contributed by atoms with E-state index in [1.165, 1.54) is 0 Å². The van der Waals surface area contributed by atoms with Crippen LogP contribution in [-0.4, -0.2) is 9.97 Å². The largest absolute Gasteiger partial charge is 0.489 e. The fourth-order valence-corrected chi connectivity index (χ4v) is 2.89. The van der Waals surface area contributed by atoms with Crippen LogP contribution in [-0.2, 0) is 6.61 Å². The normalized spacial score (nSPS) is 10.0. The summed E-state index contributed by atoms with van der Waals surface area (Å²) in [5, 5.41) is 3.52. The van der Waals surface area contributed by atoms with Crippen LogP contribution in [0.25, 0.3) is 0 Å². The molecule has 4 nitrogen and oxygen atoms in total. The first-order chi connectivity index (χ1) is 13.0.